The zero-order chi connectivity index (χ0) is 13.3. The Labute approximate surface area is 113 Å². The highest BCUT2D eigenvalue weighted by molar-refractivity contribution is 9.10. The van der Waals surface area contributed by atoms with Gasteiger partial charge in [-0.15, -0.1) is 0 Å². The number of aryl methyl sites for hydroxylation is 1. The number of nitrogens with one attached hydrogen (secondary N) is 2. The number of aliphatic hydroxyl groups excluding tert-OH is 1. The average Bonchev–Trinajstić information content (AvgIpc) is 3.17. The summed E-state index contributed by atoms with van der Waals surface area (Å²) in [7, 11) is 0. The van der Waals surface area contributed by atoms with Gasteiger partial charge in [0.15, 0.2) is 0 Å². The summed E-state index contributed by atoms with van der Waals surface area (Å²) in [6, 6.07) is 0. The third kappa shape index (κ3) is 2.81. The zero-order valence-corrected chi connectivity index (χ0v) is 11.6. The molecule has 0 saturated heterocycles. The lowest BCUT2D eigenvalue weighted by atomic mass is 10.2. The van der Waals surface area contributed by atoms with Crippen LogP contribution in [-0.2, 0) is 0 Å². The van der Waals surface area contributed by atoms with Crippen molar-refractivity contribution in [1.82, 2.24) is 10.3 Å². The van der Waals surface area contributed by atoms with Gasteiger partial charge in [0.05, 0.1) is 10.6 Å². The van der Waals surface area contributed by atoms with Gasteiger partial charge in [-0.2, -0.15) is 0 Å². The molecule has 1 aromatic heterocycles. The van der Waals surface area contributed by atoms with E-state index in [-0.39, 0.29) is 17.5 Å². The fraction of sp³-hybridized carbons (Fsp3) is 0.500. The number of carbonyl (C=O) groups excluding carboxylic acids is 1. The molecule has 1 amide bonds. The number of hydrogen-bond acceptors (Lipinski definition) is 3. The molecular formula is C12H15BrN2O3. The van der Waals surface area contributed by atoms with E-state index in [0.717, 1.165) is 12.8 Å². The van der Waals surface area contributed by atoms with Crippen LogP contribution in [0.2, 0.25) is 0 Å². The lowest BCUT2D eigenvalue weighted by molar-refractivity contribution is 0.0899. The van der Waals surface area contributed by atoms with Crippen LogP contribution in [0.25, 0.3) is 0 Å². The van der Waals surface area contributed by atoms with Gasteiger partial charge in [-0.1, -0.05) is 0 Å². The summed E-state index contributed by atoms with van der Waals surface area (Å²) in [5, 5.41) is 12.2. The number of aromatic nitrogens is 1. The van der Waals surface area contributed by atoms with Crippen molar-refractivity contribution in [3.63, 3.8) is 0 Å². The molecule has 98 valence electrons. The van der Waals surface area contributed by atoms with Crippen molar-refractivity contribution in [3.8, 4) is 0 Å². The van der Waals surface area contributed by atoms with Crippen molar-refractivity contribution >= 4 is 21.8 Å². The summed E-state index contributed by atoms with van der Waals surface area (Å²) in [6.45, 7) is 1.93. The van der Waals surface area contributed by atoms with Crippen LogP contribution >= 0.6 is 15.9 Å². The lowest BCUT2D eigenvalue weighted by Crippen LogP contribution is -2.35. The summed E-state index contributed by atoms with van der Waals surface area (Å²) in [6.07, 6.45) is 2.89. The number of rotatable bonds is 4. The van der Waals surface area contributed by atoms with E-state index < -0.39 is 12.0 Å². The van der Waals surface area contributed by atoms with Crippen molar-refractivity contribution in [2.24, 2.45) is 5.92 Å². The first kappa shape index (κ1) is 13.3. The number of H-pyrrole nitrogens is 1. The number of hydrogen-bond donors (Lipinski definition) is 3. The molecule has 1 aliphatic carbocycles. The van der Waals surface area contributed by atoms with Crippen molar-refractivity contribution in [3.05, 3.63) is 32.2 Å². The molecule has 1 unspecified atom stereocenters. The third-order valence-corrected chi connectivity index (χ3v) is 4.04. The highest BCUT2D eigenvalue weighted by Gasteiger charge is 2.29. The Balaban J connectivity index is 2.04. The predicted molar refractivity (Wildman–Crippen MR) is 70.6 cm³/mol. The van der Waals surface area contributed by atoms with Gasteiger partial charge < -0.3 is 15.4 Å². The molecular weight excluding hydrogens is 300 g/mol. The molecule has 0 radical (unpaired) electrons. The second kappa shape index (κ2) is 5.24. The smallest absolute Gasteiger partial charge is 0.256 e. The normalized spacial score (nSPS) is 16.4. The number of pyridine rings is 1. The Morgan fingerprint density at radius 1 is 1.67 bits per heavy atom. The molecule has 1 heterocycles. The van der Waals surface area contributed by atoms with E-state index in [4.69, 9.17) is 0 Å². The fourth-order valence-corrected chi connectivity index (χ4v) is 2.03. The molecule has 6 heteroatoms. The molecule has 1 fully saturated rings. The van der Waals surface area contributed by atoms with Crippen LogP contribution < -0.4 is 10.7 Å². The van der Waals surface area contributed by atoms with Crippen LogP contribution in [0, 0.1) is 12.8 Å². The minimum absolute atomic E-state index is 0.0514. The minimum atomic E-state index is -0.512. The molecule has 5 nitrogen and oxygen atoms in total. The van der Waals surface area contributed by atoms with Gasteiger partial charge in [-0.3, -0.25) is 9.59 Å². The number of halogens is 1. The largest absolute Gasteiger partial charge is 0.391 e. The predicted octanol–water partition coefficient (Wildman–Crippen LogP) is 0.947. The SMILES string of the molecule is Cc1[nH]cc(C(=O)NCC(O)C2CC2)c(=O)c1Br. The Kier molecular flexibility index (Phi) is 3.87. The first-order chi connectivity index (χ1) is 8.50. The maximum atomic E-state index is 11.8. The van der Waals surface area contributed by atoms with Gasteiger partial charge in [0.2, 0.25) is 5.43 Å². The highest BCUT2D eigenvalue weighted by atomic mass is 79.9. The Bertz CT molecular complexity index is 523. The summed E-state index contributed by atoms with van der Waals surface area (Å²) in [5.74, 6) is -0.162. The summed E-state index contributed by atoms with van der Waals surface area (Å²) >= 11 is 3.14. The molecule has 1 saturated carbocycles. The maximum absolute atomic E-state index is 11.8. The lowest BCUT2D eigenvalue weighted by Gasteiger charge is -2.10. The summed E-state index contributed by atoms with van der Waals surface area (Å²) in [5.41, 5.74) is 0.384. The highest BCUT2D eigenvalue weighted by Crippen LogP contribution is 2.32. The molecule has 18 heavy (non-hydrogen) atoms. The van der Waals surface area contributed by atoms with Crippen LogP contribution in [0.4, 0.5) is 0 Å². The first-order valence-corrected chi connectivity index (χ1v) is 6.64. The summed E-state index contributed by atoms with van der Waals surface area (Å²) in [4.78, 5) is 26.5. The fourth-order valence-electron chi connectivity index (χ4n) is 1.71. The quantitative estimate of drug-likeness (QED) is 0.773. The van der Waals surface area contributed by atoms with E-state index in [1.807, 2.05) is 0 Å². The number of amides is 1. The molecule has 1 aliphatic rings. The number of aromatic amines is 1. The topological polar surface area (TPSA) is 82.2 Å². The van der Waals surface area contributed by atoms with Gasteiger partial charge in [-0.25, -0.2) is 0 Å². The standard InChI is InChI=1S/C12H15BrN2O3/c1-6-10(13)11(17)8(4-14-6)12(18)15-5-9(16)7-2-3-7/h4,7,9,16H,2-3,5H2,1H3,(H,14,17)(H,15,18). The molecule has 1 aromatic rings. The molecule has 0 aliphatic heterocycles. The Hall–Kier alpha value is -1.14. The van der Waals surface area contributed by atoms with E-state index >= 15 is 0 Å². The van der Waals surface area contributed by atoms with Crippen LogP contribution in [-0.4, -0.2) is 28.6 Å². The van der Waals surface area contributed by atoms with Crippen molar-refractivity contribution < 1.29 is 9.90 Å². The van der Waals surface area contributed by atoms with Crippen LogP contribution in [0.3, 0.4) is 0 Å². The molecule has 3 N–H and O–H groups in total. The van der Waals surface area contributed by atoms with E-state index in [0.29, 0.717) is 16.1 Å². The third-order valence-electron chi connectivity index (χ3n) is 3.09. The van der Waals surface area contributed by atoms with Gasteiger partial charge in [0.25, 0.3) is 5.91 Å². The van der Waals surface area contributed by atoms with Crippen LogP contribution in [0.15, 0.2) is 15.5 Å². The zero-order valence-electron chi connectivity index (χ0n) is 10.00. The Morgan fingerprint density at radius 3 is 2.94 bits per heavy atom. The maximum Gasteiger partial charge on any atom is 0.256 e. The van der Waals surface area contributed by atoms with Crippen molar-refractivity contribution in [2.75, 3.05) is 6.54 Å². The van der Waals surface area contributed by atoms with Gasteiger partial charge in [0, 0.05) is 18.4 Å². The first-order valence-electron chi connectivity index (χ1n) is 5.84. The van der Waals surface area contributed by atoms with Crippen molar-refractivity contribution in [2.45, 2.75) is 25.9 Å². The van der Waals surface area contributed by atoms with Crippen molar-refractivity contribution in [1.29, 1.82) is 0 Å². The van der Waals surface area contributed by atoms with Crippen LogP contribution in [0.1, 0.15) is 28.9 Å². The molecule has 1 atom stereocenters. The van der Waals surface area contributed by atoms with Gasteiger partial charge >= 0.3 is 0 Å². The molecule has 0 spiro atoms. The van der Waals surface area contributed by atoms with E-state index in [2.05, 4.69) is 26.2 Å². The second-order valence-electron chi connectivity index (χ2n) is 4.59. The number of aliphatic hydroxyl groups is 1. The van der Waals surface area contributed by atoms with E-state index in [1.165, 1.54) is 6.20 Å². The van der Waals surface area contributed by atoms with Gasteiger partial charge in [0.1, 0.15) is 5.56 Å². The average molecular weight is 315 g/mol. The van der Waals surface area contributed by atoms with Crippen LogP contribution in [0.5, 0.6) is 0 Å². The Morgan fingerprint density at radius 2 is 2.33 bits per heavy atom. The molecule has 2 rings (SSSR count). The van der Waals surface area contributed by atoms with E-state index in [9.17, 15) is 14.7 Å². The minimum Gasteiger partial charge on any atom is -0.391 e. The monoisotopic (exact) mass is 314 g/mol. The second-order valence-corrected chi connectivity index (χ2v) is 5.38. The molecule has 0 aromatic carbocycles. The number of carbonyl (C=O) groups is 1. The summed E-state index contributed by atoms with van der Waals surface area (Å²) < 4.78 is 0.359. The van der Waals surface area contributed by atoms with Gasteiger partial charge in [-0.05, 0) is 41.6 Å². The van der Waals surface area contributed by atoms with E-state index in [1.54, 1.807) is 6.92 Å². The molecule has 0 bridgehead atoms.